The lowest BCUT2D eigenvalue weighted by Gasteiger charge is -2.20. The van der Waals surface area contributed by atoms with Crippen molar-refractivity contribution in [2.75, 3.05) is 13.1 Å². The highest BCUT2D eigenvalue weighted by molar-refractivity contribution is 7.09. The third-order valence-electron chi connectivity index (χ3n) is 2.64. The van der Waals surface area contributed by atoms with Crippen molar-refractivity contribution in [2.24, 2.45) is 0 Å². The van der Waals surface area contributed by atoms with Gasteiger partial charge in [-0.15, -0.1) is 22.9 Å². The summed E-state index contributed by atoms with van der Waals surface area (Å²) in [6.07, 6.45) is 2.42. The van der Waals surface area contributed by atoms with E-state index in [2.05, 4.69) is 15.7 Å². The summed E-state index contributed by atoms with van der Waals surface area (Å²) in [7, 11) is 0. The van der Waals surface area contributed by atoms with E-state index in [-0.39, 0.29) is 5.38 Å². The van der Waals surface area contributed by atoms with Crippen LogP contribution in [0.5, 0.6) is 0 Å². The summed E-state index contributed by atoms with van der Waals surface area (Å²) < 4.78 is 0. The van der Waals surface area contributed by atoms with Crippen LogP contribution < -0.4 is 5.32 Å². The van der Waals surface area contributed by atoms with E-state index in [1.165, 1.54) is 17.8 Å². The second kappa shape index (κ2) is 4.60. The maximum atomic E-state index is 5.99. The number of aromatic nitrogens is 1. The number of hydrogen-bond acceptors (Lipinski definition) is 3. The zero-order valence-corrected chi connectivity index (χ0v) is 9.87. The topological polar surface area (TPSA) is 24.9 Å². The van der Waals surface area contributed by atoms with Gasteiger partial charge in [0.2, 0.25) is 0 Å². The molecule has 1 aromatic heterocycles. The van der Waals surface area contributed by atoms with E-state index < -0.39 is 0 Å². The van der Waals surface area contributed by atoms with Crippen molar-refractivity contribution in [3.8, 4) is 0 Å². The zero-order valence-electron chi connectivity index (χ0n) is 8.29. The van der Waals surface area contributed by atoms with Crippen molar-refractivity contribution in [3.63, 3.8) is 0 Å². The Balaban J connectivity index is 2.07. The van der Waals surface area contributed by atoms with Gasteiger partial charge in [-0.05, 0) is 32.9 Å². The van der Waals surface area contributed by atoms with Gasteiger partial charge in [0.15, 0.2) is 0 Å². The molecule has 0 radical (unpaired) electrons. The number of nitrogens with one attached hydrogen (secondary N) is 1. The minimum absolute atomic E-state index is 0.0433. The Hall–Kier alpha value is -0.120. The molecule has 2 rings (SSSR count). The molecule has 1 unspecified atom stereocenters. The number of rotatable bonds is 2. The summed E-state index contributed by atoms with van der Waals surface area (Å²) >= 11 is 7.75. The van der Waals surface area contributed by atoms with Crippen molar-refractivity contribution in [1.82, 2.24) is 10.3 Å². The van der Waals surface area contributed by atoms with Gasteiger partial charge in [-0.25, -0.2) is 4.98 Å². The normalized spacial score (nSPS) is 21.0. The van der Waals surface area contributed by atoms with Crippen molar-refractivity contribution >= 4 is 22.9 Å². The fourth-order valence-electron chi connectivity index (χ4n) is 1.74. The van der Waals surface area contributed by atoms with Gasteiger partial charge in [-0.1, -0.05) is 0 Å². The largest absolute Gasteiger partial charge is 0.317 e. The molecular weight excluding hydrogens is 216 g/mol. The first-order valence-corrected chi connectivity index (χ1v) is 6.39. The van der Waals surface area contributed by atoms with E-state index in [0.29, 0.717) is 5.92 Å². The molecular formula is C10H15ClN2S. The van der Waals surface area contributed by atoms with Crippen LogP contribution >= 0.6 is 22.9 Å². The van der Waals surface area contributed by atoms with Gasteiger partial charge in [0.25, 0.3) is 0 Å². The SMILES string of the molecule is CC(Cl)c1csc(C2CCNCC2)n1. The van der Waals surface area contributed by atoms with E-state index in [0.717, 1.165) is 18.8 Å². The molecule has 0 spiro atoms. The van der Waals surface area contributed by atoms with Gasteiger partial charge in [0.1, 0.15) is 0 Å². The third-order valence-corrected chi connectivity index (χ3v) is 3.88. The van der Waals surface area contributed by atoms with Gasteiger partial charge in [-0.2, -0.15) is 0 Å². The first-order valence-electron chi connectivity index (χ1n) is 5.07. The fraction of sp³-hybridized carbons (Fsp3) is 0.700. The molecule has 1 aliphatic rings. The predicted molar refractivity (Wildman–Crippen MR) is 61.2 cm³/mol. The average molecular weight is 231 g/mol. The van der Waals surface area contributed by atoms with Crippen LogP contribution in [0.1, 0.15) is 41.8 Å². The summed E-state index contributed by atoms with van der Waals surface area (Å²) in [6, 6.07) is 0. The monoisotopic (exact) mass is 230 g/mol. The van der Waals surface area contributed by atoms with Crippen LogP contribution in [0, 0.1) is 0 Å². The molecule has 1 fully saturated rings. The number of hydrogen-bond donors (Lipinski definition) is 1. The fourth-order valence-corrected chi connectivity index (χ4v) is 3.01. The van der Waals surface area contributed by atoms with Crippen LogP contribution in [0.4, 0.5) is 0 Å². The van der Waals surface area contributed by atoms with E-state index in [1.54, 1.807) is 11.3 Å². The van der Waals surface area contributed by atoms with Crippen molar-refractivity contribution in [3.05, 3.63) is 16.1 Å². The lowest BCUT2D eigenvalue weighted by Crippen LogP contribution is -2.26. The predicted octanol–water partition coefficient (Wildman–Crippen LogP) is 2.91. The number of thiazole rings is 1. The Morgan fingerprint density at radius 2 is 2.29 bits per heavy atom. The molecule has 1 aliphatic heterocycles. The molecule has 0 bridgehead atoms. The molecule has 1 aromatic rings. The summed E-state index contributed by atoms with van der Waals surface area (Å²) in [5.41, 5.74) is 1.03. The molecule has 0 aromatic carbocycles. The highest BCUT2D eigenvalue weighted by Gasteiger charge is 2.19. The van der Waals surface area contributed by atoms with Gasteiger partial charge in [0, 0.05) is 11.3 Å². The molecule has 1 atom stereocenters. The summed E-state index contributed by atoms with van der Waals surface area (Å²) in [4.78, 5) is 4.59. The van der Waals surface area contributed by atoms with Crippen LogP contribution in [0.25, 0.3) is 0 Å². The summed E-state index contributed by atoms with van der Waals surface area (Å²) in [6.45, 7) is 4.22. The van der Waals surface area contributed by atoms with Gasteiger partial charge in [-0.3, -0.25) is 0 Å². The number of halogens is 1. The molecule has 0 amide bonds. The molecule has 4 heteroatoms. The van der Waals surface area contributed by atoms with Gasteiger partial charge < -0.3 is 5.32 Å². The van der Waals surface area contributed by atoms with Crippen molar-refractivity contribution < 1.29 is 0 Å². The highest BCUT2D eigenvalue weighted by atomic mass is 35.5. The first kappa shape index (κ1) is 10.4. The van der Waals surface area contributed by atoms with Gasteiger partial charge in [0.05, 0.1) is 16.1 Å². The molecule has 1 saturated heterocycles. The molecule has 0 saturated carbocycles. The minimum Gasteiger partial charge on any atom is -0.317 e. The van der Waals surface area contributed by atoms with Crippen LogP contribution in [-0.4, -0.2) is 18.1 Å². The quantitative estimate of drug-likeness (QED) is 0.791. The lowest BCUT2D eigenvalue weighted by molar-refractivity contribution is 0.458. The van der Waals surface area contributed by atoms with E-state index in [9.17, 15) is 0 Å². The number of alkyl halides is 1. The maximum absolute atomic E-state index is 5.99. The number of nitrogens with zero attached hydrogens (tertiary/aromatic N) is 1. The highest BCUT2D eigenvalue weighted by Crippen LogP contribution is 2.30. The molecule has 2 heterocycles. The summed E-state index contributed by atoms with van der Waals surface area (Å²) in [5, 5.41) is 6.77. The van der Waals surface area contributed by atoms with E-state index in [1.807, 2.05) is 6.92 Å². The Morgan fingerprint density at radius 3 is 2.86 bits per heavy atom. The minimum atomic E-state index is 0.0433. The molecule has 0 aliphatic carbocycles. The van der Waals surface area contributed by atoms with Crippen LogP contribution in [0.3, 0.4) is 0 Å². The lowest BCUT2D eigenvalue weighted by atomic mass is 9.99. The third kappa shape index (κ3) is 2.27. The zero-order chi connectivity index (χ0) is 9.97. The van der Waals surface area contributed by atoms with Crippen LogP contribution in [0.2, 0.25) is 0 Å². The van der Waals surface area contributed by atoms with Gasteiger partial charge >= 0.3 is 0 Å². The van der Waals surface area contributed by atoms with Crippen LogP contribution in [-0.2, 0) is 0 Å². The van der Waals surface area contributed by atoms with Crippen molar-refractivity contribution in [2.45, 2.75) is 31.1 Å². The Kier molecular flexibility index (Phi) is 3.42. The Morgan fingerprint density at radius 1 is 1.57 bits per heavy atom. The molecule has 14 heavy (non-hydrogen) atoms. The number of piperidine rings is 1. The van der Waals surface area contributed by atoms with E-state index >= 15 is 0 Å². The summed E-state index contributed by atoms with van der Waals surface area (Å²) in [5.74, 6) is 0.658. The molecule has 78 valence electrons. The molecule has 1 N–H and O–H groups in total. The van der Waals surface area contributed by atoms with E-state index in [4.69, 9.17) is 11.6 Å². The Labute approximate surface area is 93.7 Å². The second-order valence-corrected chi connectivity index (χ2v) is 5.30. The molecule has 2 nitrogen and oxygen atoms in total. The van der Waals surface area contributed by atoms with Crippen LogP contribution in [0.15, 0.2) is 5.38 Å². The first-order chi connectivity index (χ1) is 6.77. The maximum Gasteiger partial charge on any atom is 0.0960 e. The van der Waals surface area contributed by atoms with Crippen molar-refractivity contribution in [1.29, 1.82) is 0 Å². The Bertz CT molecular complexity index is 292. The standard InChI is InChI=1S/C10H15ClN2S/c1-7(11)9-6-14-10(13-9)8-2-4-12-5-3-8/h6-8,12H,2-5H2,1H3. The average Bonchev–Trinajstić information content (AvgIpc) is 2.68. The smallest absolute Gasteiger partial charge is 0.0960 e. The second-order valence-electron chi connectivity index (χ2n) is 3.75.